The van der Waals surface area contributed by atoms with Crippen LogP contribution in [0.1, 0.15) is 6.42 Å². The summed E-state index contributed by atoms with van der Waals surface area (Å²) in [5.41, 5.74) is -0.128. The third kappa shape index (κ3) is 2.41. The highest BCUT2D eigenvalue weighted by molar-refractivity contribution is 6.22. The summed E-state index contributed by atoms with van der Waals surface area (Å²) >= 11 is 5.95. The highest BCUT2D eigenvalue weighted by Gasteiger charge is 2.27. The molecule has 104 valence electrons. The quantitative estimate of drug-likeness (QED) is 0.800. The number of hydrogen-bond acceptors (Lipinski definition) is 3. The van der Waals surface area contributed by atoms with Crippen LogP contribution in [0.5, 0.6) is 0 Å². The van der Waals surface area contributed by atoms with Gasteiger partial charge in [-0.25, -0.2) is 4.68 Å². The van der Waals surface area contributed by atoms with Crippen molar-refractivity contribution in [3.8, 4) is 0 Å². The zero-order valence-electron chi connectivity index (χ0n) is 10.8. The smallest absolute Gasteiger partial charge is 0.274 e. The molecule has 1 saturated heterocycles. The first-order valence-electron chi connectivity index (χ1n) is 6.52. The van der Waals surface area contributed by atoms with Crippen LogP contribution in [-0.4, -0.2) is 39.1 Å². The maximum absolute atomic E-state index is 12.3. The Labute approximate surface area is 120 Å². The van der Waals surface area contributed by atoms with Gasteiger partial charge in [0.05, 0.1) is 23.5 Å². The fourth-order valence-corrected chi connectivity index (χ4v) is 2.74. The van der Waals surface area contributed by atoms with Crippen LogP contribution in [0.25, 0.3) is 10.8 Å². The second-order valence-electron chi connectivity index (χ2n) is 4.90. The van der Waals surface area contributed by atoms with Gasteiger partial charge >= 0.3 is 0 Å². The predicted molar refractivity (Wildman–Crippen MR) is 76.8 cm³/mol. The van der Waals surface area contributed by atoms with Crippen LogP contribution in [0.3, 0.4) is 0 Å². The fraction of sp³-hybridized carbons (Fsp3) is 0.357. The molecule has 1 fully saturated rings. The lowest BCUT2D eigenvalue weighted by molar-refractivity contribution is -0.127. The number of nitrogens with zero attached hydrogens (tertiary/aromatic N) is 3. The number of fused-ring (bicyclic) bond motifs is 1. The van der Waals surface area contributed by atoms with E-state index in [1.807, 2.05) is 18.2 Å². The molecule has 1 aliphatic rings. The molecule has 0 aliphatic carbocycles. The first kappa shape index (κ1) is 13.1. The van der Waals surface area contributed by atoms with E-state index in [-0.39, 0.29) is 16.8 Å². The SMILES string of the molecule is O=C1CC(Cl)CN1CCn1ncc2ccccc2c1=O. The first-order valence-corrected chi connectivity index (χ1v) is 6.95. The molecule has 5 nitrogen and oxygen atoms in total. The largest absolute Gasteiger partial charge is 0.339 e. The summed E-state index contributed by atoms with van der Waals surface area (Å²) in [6, 6.07) is 7.34. The number of benzene rings is 1. The van der Waals surface area contributed by atoms with E-state index in [2.05, 4.69) is 5.10 Å². The van der Waals surface area contributed by atoms with Crippen LogP contribution in [0.2, 0.25) is 0 Å². The molecule has 3 rings (SSSR count). The molecule has 0 bridgehead atoms. The Morgan fingerprint density at radius 2 is 2.05 bits per heavy atom. The molecule has 1 aromatic carbocycles. The lowest BCUT2D eigenvalue weighted by atomic mass is 10.2. The average molecular weight is 292 g/mol. The van der Waals surface area contributed by atoms with Gasteiger partial charge in [-0.15, -0.1) is 11.6 Å². The molecule has 2 aromatic rings. The average Bonchev–Trinajstić information content (AvgIpc) is 2.77. The monoisotopic (exact) mass is 291 g/mol. The van der Waals surface area contributed by atoms with E-state index in [4.69, 9.17) is 11.6 Å². The Balaban J connectivity index is 1.80. The Morgan fingerprint density at radius 1 is 1.25 bits per heavy atom. The van der Waals surface area contributed by atoms with Gasteiger partial charge in [0.15, 0.2) is 0 Å². The van der Waals surface area contributed by atoms with E-state index in [9.17, 15) is 9.59 Å². The van der Waals surface area contributed by atoms with Crippen LogP contribution < -0.4 is 5.56 Å². The van der Waals surface area contributed by atoms with Crippen molar-refractivity contribution < 1.29 is 4.79 Å². The minimum absolute atomic E-state index is 0.0406. The second-order valence-corrected chi connectivity index (χ2v) is 5.52. The normalized spacial score (nSPS) is 18.9. The lowest BCUT2D eigenvalue weighted by Gasteiger charge is -2.15. The van der Waals surface area contributed by atoms with Gasteiger partial charge in [-0.3, -0.25) is 9.59 Å². The summed E-state index contributed by atoms with van der Waals surface area (Å²) in [6.45, 7) is 1.40. The van der Waals surface area contributed by atoms with Crippen molar-refractivity contribution in [1.29, 1.82) is 0 Å². The van der Waals surface area contributed by atoms with E-state index < -0.39 is 0 Å². The van der Waals surface area contributed by atoms with Gasteiger partial charge < -0.3 is 4.90 Å². The summed E-state index contributed by atoms with van der Waals surface area (Å²) in [5, 5.41) is 5.49. The van der Waals surface area contributed by atoms with Crippen molar-refractivity contribution in [3.05, 3.63) is 40.8 Å². The highest BCUT2D eigenvalue weighted by Crippen LogP contribution is 2.15. The van der Waals surface area contributed by atoms with Crippen LogP contribution in [0, 0.1) is 0 Å². The molecule has 1 amide bonds. The van der Waals surface area contributed by atoms with E-state index >= 15 is 0 Å². The van der Waals surface area contributed by atoms with Gasteiger partial charge in [-0.1, -0.05) is 18.2 Å². The van der Waals surface area contributed by atoms with Crippen LogP contribution in [0.4, 0.5) is 0 Å². The molecule has 6 heteroatoms. The molecular weight excluding hydrogens is 278 g/mol. The van der Waals surface area contributed by atoms with Crippen molar-refractivity contribution in [2.24, 2.45) is 0 Å². The summed E-state index contributed by atoms with van der Waals surface area (Å²) in [5.74, 6) is 0.0406. The number of likely N-dealkylation sites (tertiary alicyclic amines) is 1. The fourth-order valence-electron chi connectivity index (χ4n) is 2.44. The first-order chi connectivity index (χ1) is 9.65. The number of carbonyl (C=O) groups excluding carboxylic acids is 1. The van der Waals surface area contributed by atoms with Gasteiger partial charge in [-0.2, -0.15) is 5.10 Å². The van der Waals surface area contributed by atoms with Gasteiger partial charge in [0.2, 0.25) is 5.91 Å². The topological polar surface area (TPSA) is 55.2 Å². The number of alkyl halides is 1. The van der Waals surface area contributed by atoms with E-state index in [0.717, 1.165) is 5.39 Å². The van der Waals surface area contributed by atoms with Crippen molar-refractivity contribution >= 4 is 28.3 Å². The van der Waals surface area contributed by atoms with Crippen LogP contribution >= 0.6 is 11.6 Å². The van der Waals surface area contributed by atoms with E-state index in [1.165, 1.54) is 4.68 Å². The molecule has 0 radical (unpaired) electrons. The highest BCUT2D eigenvalue weighted by atomic mass is 35.5. The molecule has 1 aliphatic heterocycles. The molecule has 0 spiro atoms. The maximum atomic E-state index is 12.3. The van der Waals surface area contributed by atoms with E-state index in [1.54, 1.807) is 17.2 Å². The molecule has 0 N–H and O–H groups in total. The van der Waals surface area contributed by atoms with Crippen molar-refractivity contribution in [3.63, 3.8) is 0 Å². The zero-order chi connectivity index (χ0) is 14.1. The minimum atomic E-state index is -0.128. The molecule has 1 atom stereocenters. The molecule has 1 aromatic heterocycles. The summed E-state index contributed by atoms with van der Waals surface area (Å²) in [7, 11) is 0. The summed E-state index contributed by atoms with van der Waals surface area (Å²) in [4.78, 5) is 25.6. The molecule has 2 heterocycles. The molecule has 20 heavy (non-hydrogen) atoms. The van der Waals surface area contributed by atoms with Gasteiger partial charge in [0.1, 0.15) is 0 Å². The van der Waals surface area contributed by atoms with Crippen molar-refractivity contribution in [1.82, 2.24) is 14.7 Å². The van der Waals surface area contributed by atoms with Crippen LogP contribution in [-0.2, 0) is 11.3 Å². The number of amides is 1. The Bertz CT molecular complexity index is 713. The number of hydrogen-bond donors (Lipinski definition) is 0. The number of carbonyl (C=O) groups is 1. The number of rotatable bonds is 3. The number of halogens is 1. The van der Waals surface area contributed by atoms with E-state index in [0.29, 0.717) is 31.4 Å². The molecule has 1 unspecified atom stereocenters. The summed E-state index contributed by atoms with van der Waals surface area (Å²) in [6.07, 6.45) is 2.05. The number of aromatic nitrogens is 2. The van der Waals surface area contributed by atoms with Gasteiger partial charge in [0, 0.05) is 24.9 Å². The summed E-state index contributed by atoms with van der Waals surface area (Å²) < 4.78 is 1.40. The standard InChI is InChI=1S/C14H14ClN3O2/c15-11-7-13(19)17(9-11)5-6-18-14(20)12-4-2-1-3-10(12)8-16-18/h1-4,8,11H,5-7,9H2. The van der Waals surface area contributed by atoms with Crippen LogP contribution in [0.15, 0.2) is 35.3 Å². The second kappa shape index (κ2) is 5.25. The van der Waals surface area contributed by atoms with Crippen molar-refractivity contribution in [2.75, 3.05) is 13.1 Å². The predicted octanol–water partition coefficient (Wildman–Crippen LogP) is 1.24. The zero-order valence-corrected chi connectivity index (χ0v) is 11.6. The third-order valence-electron chi connectivity index (χ3n) is 3.51. The Hall–Kier alpha value is -1.88. The van der Waals surface area contributed by atoms with Gasteiger partial charge in [0.25, 0.3) is 5.56 Å². The third-order valence-corrected chi connectivity index (χ3v) is 3.80. The molecule has 0 saturated carbocycles. The Morgan fingerprint density at radius 3 is 2.80 bits per heavy atom. The molecular formula is C14H14ClN3O2. The minimum Gasteiger partial charge on any atom is -0.339 e. The maximum Gasteiger partial charge on any atom is 0.274 e. The van der Waals surface area contributed by atoms with Gasteiger partial charge in [-0.05, 0) is 6.07 Å². The van der Waals surface area contributed by atoms with Crippen molar-refractivity contribution in [2.45, 2.75) is 18.3 Å². The Kier molecular flexibility index (Phi) is 3.44. The lowest BCUT2D eigenvalue weighted by Crippen LogP contribution is -2.33.